The number of benzene rings is 5. The molecule has 0 heterocycles. The van der Waals surface area contributed by atoms with E-state index in [9.17, 15) is 9.67 Å². The second-order valence-electron chi connectivity index (χ2n) is 12.3. The van der Waals surface area contributed by atoms with Crippen molar-refractivity contribution >= 4 is 47.0 Å². The Labute approximate surface area is 277 Å². The van der Waals surface area contributed by atoms with Crippen LogP contribution in [0.3, 0.4) is 0 Å². The molecule has 0 atom stereocenters. The summed E-state index contributed by atoms with van der Waals surface area (Å²) in [6.45, 7) is 0.162. The third-order valence-electron chi connectivity index (χ3n) is 8.57. The van der Waals surface area contributed by atoms with Gasteiger partial charge in [-0.25, -0.2) is 18.7 Å². The van der Waals surface area contributed by atoms with Crippen molar-refractivity contribution in [1.29, 1.82) is 0 Å². The lowest BCUT2D eigenvalue weighted by Crippen LogP contribution is -2.30. The Morgan fingerprint density at radius 3 is 1.55 bits per heavy atom. The second-order valence-corrected chi connectivity index (χ2v) is 18.6. The fourth-order valence-corrected chi connectivity index (χ4v) is 10.8. The van der Waals surface area contributed by atoms with Crippen LogP contribution in [0.15, 0.2) is 84.9 Å². The van der Waals surface area contributed by atoms with Crippen LogP contribution in [0.25, 0.3) is 32.7 Å². The summed E-state index contributed by atoms with van der Waals surface area (Å²) in [7, 11) is 8.93. The van der Waals surface area contributed by atoms with Gasteiger partial charge in [-0.3, -0.25) is 9.13 Å². The molecular formula is C36H44N4O5P2. The Bertz CT molecular complexity index is 2000. The Hall–Kier alpha value is -3.68. The van der Waals surface area contributed by atoms with Gasteiger partial charge >= 0.3 is 0 Å². The van der Waals surface area contributed by atoms with E-state index in [1.54, 1.807) is 82.2 Å². The molecule has 0 aliphatic carbocycles. The van der Waals surface area contributed by atoms with Crippen LogP contribution in [-0.4, -0.2) is 87.3 Å². The minimum Gasteiger partial charge on any atom is -0.506 e. The monoisotopic (exact) mass is 674 g/mol. The van der Waals surface area contributed by atoms with Gasteiger partial charge in [0, 0.05) is 11.1 Å². The summed E-state index contributed by atoms with van der Waals surface area (Å²) in [6, 6.07) is 26.9. The quantitative estimate of drug-likeness (QED) is 0.152. The van der Waals surface area contributed by atoms with Crippen molar-refractivity contribution in [1.82, 2.24) is 18.7 Å². The Kier molecular flexibility index (Phi) is 9.91. The summed E-state index contributed by atoms with van der Waals surface area (Å²) >= 11 is 0. The normalized spacial score (nSPS) is 12.6. The van der Waals surface area contributed by atoms with E-state index in [1.807, 2.05) is 84.9 Å². The van der Waals surface area contributed by atoms with E-state index >= 15 is 4.57 Å². The molecule has 5 aromatic rings. The average molecular weight is 675 g/mol. The lowest BCUT2D eigenvalue weighted by Gasteiger charge is -2.34. The third kappa shape index (κ3) is 5.97. The zero-order valence-corrected chi connectivity index (χ0v) is 30.3. The highest BCUT2D eigenvalue weighted by Crippen LogP contribution is 2.57. The minimum absolute atomic E-state index is 0.115. The van der Waals surface area contributed by atoms with Gasteiger partial charge in [0.15, 0.2) is 0 Å². The van der Waals surface area contributed by atoms with Crippen LogP contribution >= 0.6 is 14.9 Å². The summed E-state index contributed by atoms with van der Waals surface area (Å²) in [6.07, 6.45) is 0. The van der Waals surface area contributed by atoms with Crippen LogP contribution in [0.5, 0.6) is 17.2 Å². The van der Waals surface area contributed by atoms with Gasteiger partial charge in [-0.05, 0) is 108 Å². The molecule has 0 aliphatic heterocycles. The highest BCUT2D eigenvalue weighted by atomic mass is 31.2. The van der Waals surface area contributed by atoms with Gasteiger partial charge in [-0.15, -0.1) is 0 Å². The number of hydrogen-bond donors (Lipinski definition) is 1. The van der Waals surface area contributed by atoms with Crippen molar-refractivity contribution in [2.75, 3.05) is 63.5 Å². The van der Waals surface area contributed by atoms with Crippen molar-refractivity contribution < 1.29 is 23.7 Å². The molecule has 5 rings (SSSR count). The first-order chi connectivity index (χ1) is 22.3. The van der Waals surface area contributed by atoms with Crippen LogP contribution in [0.2, 0.25) is 0 Å². The fraction of sp³-hybridized carbons (Fsp3) is 0.278. The highest BCUT2D eigenvalue weighted by Gasteiger charge is 2.39. The van der Waals surface area contributed by atoms with Crippen molar-refractivity contribution in [2.45, 2.75) is 6.61 Å². The van der Waals surface area contributed by atoms with Crippen LogP contribution in [-0.2, 0) is 15.7 Å². The van der Waals surface area contributed by atoms with E-state index in [2.05, 4.69) is 0 Å². The maximum Gasteiger partial charge on any atom is 0.248 e. The van der Waals surface area contributed by atoms with Crippen molar-refractivity contribution in [3.05, 3.63) is 90.5 Å². The zero-order valence-electron chi connectivity index (χ0n) is 28.6. The van der Waals surface area contributed by atoms with E-state index in [0.29, 0.717) is 27.5 Å². The van der Waals surface area contributed by atoms with Gasteiger partial charge in [-0.2, -0.15) is 0 Å². The summed E-state index contributed by atoms with van der Waals surface area (Å²) in [5.74, 6) is 0.993. The van der Waals surface area contributed by atoms with Crippen LogP contribution in [0, 0.1) is 0 Å². The number of methoxy groups -OCH3 is 1. The predicted molar refractivity (Wildman–Crippen MR) is 195 cm³/mol. The molecular weight excluding hydrogens is 630 g/mol. The number of ether oxygens (including phenoxy) is 2. The Morgan fingerprint density at radius 2 is 1.06 bits per heavy atom. The fourth-order valence-electron chi connectivity index (χ4n) is 6.18. The van der Waals surface area contributed by atoms with Crippen LogP contribution in [0.4, 0.5) is 0 Å². The van der Waals surface area contributed by atoms with Crippen LogP contribution in [0.1, 0.15) is 5.56 Å². The molecule has 0 saturated carbocycles. The second kappa shape index (κ2) is 13.4. The van der Waals surface area contributed by atoms with Crippen molar-refractivity contribution in [3.63, 3.8) is 0 Å². The van der Waals surface area contributed by atoms with E-state index < -0.39 is 14.9 Å². The number of fused-ring (bicyclic) bond motifs is 2. The molecule has 0 aliphatic rings. The Morgan fingerprint density at radius 1 is 0.617 bits per heavy atom. The summed E-state index contributed by atoms with van der Waals surface area (Å²) in [5.41, 5.74) is 1.93. The van der Waals surface area contributed by atoms with Gasteiger partial charge in [0.1, 0.15) is 23.9 Å². The van der Waals surface area contributed by atoms with E-state index in [4.69, 9.17) is 9.47 Å². The zero-order chi connectivity index (χ0) is 34.3. The first kappa shape index (κ1) is 34.6. The molecule has 11 heteroatoms. The third-order valence-corrected chi connectivity index (χ3v) is 14.8. The van der Waals surface area contributed by atoms with Gasteiger partial charge in [0.25, 0.3) is 0 Å². The van der Waals surface area contributed by atoms with Gasteiger partial charge < -0.3 is 14.6 Å². The number of aromatic hydroxyl groups is 1. The maximum absolute atomic E-state index is 15.1. The van der Waals surface area contributed by atoms with Gasteiger partial charge in [0.2, 0.25) is 14.9 Å². The lowest BCUT2D eigenvalue weighted by atomic mass is 9.92. The number of rotatable bonds is 11. The van der Waals surface area contributed by atoms with Crippen molar-refractivity contribution in [3.8, 4) is 28.4 Å². The summed E-state index contributed by atoms with van der Waals surface area (Å²) < 4.78 is 48.8. The molecule has 47 heavy (non-hydrogen) atoms. The van der Waals surface area contributed by atoms with Crippen LogP contribution < -0.4 is 20.1 Å². The maximum atomic E-state index is 15.1. The van der Waals surface area contributed by atoms with Crippen molar-refractivity contribution in [2.24, 2.45) is 0 Å². The minimum atomic E-state index is -3.43. The molecule has 0 spiro atoms. The molecule has 0 fully saturated rings. The molecule has 0 aromatic heterocycles. The smallest absolute Gasteiger partial charge is 0.248 e. The molecule has 0 saturated heterocycles. The highest BCUT2D eigenvalue weighted by molar-refractivity contribution is 7.67. The van der Waals surface area contributed by atoms with E-state index in [-0.39, 0.29) is 12.4 Å². The molecule has 0 amide bonds. The first-order valence-electron chi connectivity index (χ1n) is 15.3. The number of nitrogens with zero attached hydrogens (tertiary/aromatic N) is 4. The Balaban J connectivity index is 1.97. The molecule has 0 unspecified atom stereocenters. The summed E-state index contributed by atoms with van der Waals surface area (Å²) in [4.78, 5) is 0. The SMILES string of the molecule is COc1ccc(COc2c(P(=O)(N(C)C)N(C)C)cc3ccccc3c2-c2c(O)c(P(=O)(N(C)C)N(C)C)cc3ccccc23)cc1. The molecule has 1 N–H and O–H groups in total. The molecule has 5 aromatic carbocycles. The van der Waals surface area contributed by atoms with Gasteiger partial charge in [0.05, 0.1) is 17.7 Å². The molecule has 0 radical (unpaired) electrons. The van der Waals surface area contributed by atoms with Gasteiger partial charge in [-0.1, -0.05) is 60.7 Å². The molecule has 248 valence electrons. The number of phenols is 1. The predicted octanol–water partition coefficient (Wildman–Crippen LogP) is 6.84. The average Bonchev–Trinajstić information content (AvgIpc) is 3.05. The standard InChI is InChI=1S/C36H44N4O5P2/c1-37(2)46(42,38(3)4)31-22-26-14-10-12-16-29(26)33(35(31)41)34-30-17-13-11-15-27(30)23-32(47(43,39(5)6)40(7)8)36(34)45-24-25-18-20-28(44-9)21-19-25/h10-23,41H,24H2,1-9H3. The number of hydrogen-bond acceptors (Lipinski definition) is 5. The van der Waals surface area contributed by atoms with E-state index in [0.717, 1.165) is 32.9 Å². The number of phenolic OH excluding ortho intramolecular Hbond substituents is 1. The largest absolute Gasteiger partial charge is 0.506 e. The lowest BCUT2D eigenvalue weighted by molar-refractivity contribution is 0.309. The topological polar surface area (TPSA) is 85.8 Å². The molecule has 0 bridgehead atoms. The summed E-state index contributed by atoms with van der Waals surface area (Å²) in [5, 5.41) is 16.4. The first-order valence-corrected chi connectivity index (χ1v) is 18.5. The van der Waals surface area contributed by atoms with E-state index in [1.165, 1.54) is 0 Å². The molecule has 9 nitrogen and oxygen atoms in total.